The number of amides is 1. The predicted octanol–water partition coefficient (Wildman–Crippen LogP) is 3.40. The van der Waals surface area contributed by atoms with E-state index in [1.165, 1.54) is 31.5 Å². The summed E-state index contributed by atoms with van der Waals surface area (Å²) in [6.45, 7) is -0.616. The van der Waals surface area contributed by atoms with Crippen molar-refractivity contribution in [1.82, 2.24) is 4.98 Å². The normalized spacial score (nSPS) is 11.8. The third-order valence-corrected chi connectivity index (χ3v) is 7.30. The smallest absolute Gasteiger partial charge is 0.412 e. The van der Waals surface area contributed by atoms with Crippen LogP contribution in [0, 0.1) is 0 Å². The van der Waals surface area contributed by atoms with Crippen molar-refractivity contribution in [3.63, 3.8) is 0 Å². The summed E-state index contributed by atoms with van der Waals surface area (Å²) in [5, 5.41) is 14.4. The number of aromatic nitrogens is 1. The van der Waals surface area contributed by atoms with Crippen LogP contribution in [-0.2, 0) is 14.8 Å². The number of sulfonamides is 1. The molecule has 0 saturated carbocycles. The Morgan fingerprint density at radius 2 is 1.70 bits per heavy atom. The van der Waals surface area contributed by atoms with Crippen LogP contribution in [0.3, 0.4) is 0 Å². The lowest BCUT2D eigenvalue weighted by Gasteiger charge is -2.20. The van der Waals surface area contributed by atoms with E-state index in [1.54, 1.807) is 42.5 Å². The van der Waals surface area contributed by atoms with E-state index < -0.39 is 27.6 Å². The average molecular weight is 623 g/mol. The van der Waals surface area contributed by atoms with Gasteiger partial charge in [-0.15, -0.1) is 0 Å². The molecule has 0 bridgehead atoms. The number of para-hydroxylation sites is 2. The molecule has 3 aromatic carbocycles. The molecule has 5 rings (SSSR count). The van der Waals surface area contributed by atoms with Gasteiger partial charge in [0.05, 0.1) is 23.7 Å². The molecule has 4 aromatic rings. The van der Waals surface area contributed by atoms with Crippen LogP contribution in [0.5, 0.6) is 34.5 Å². The van der Waals surface area contributed by atoms with Crippen LogP contribution in [0.25, 0.3) is 0 Å². The van der Waals surface area contributed by atoms with Gasteiger partial charge < -0.3 is 38.3 Å². The highest BCUT2D eigenvalue weighted by atomic mass is 32.2. The fourth-order valence-electron chi connectivity index (χ4n) is 3.93. The number of benzene rings is 3. The molecule has 1 amide bonds. The SMILES string of the molecule is COc1ccccc1Oc1c(NS(=O)(=O)c2ccc3c(c2)OCO3)cc(C(=O)[O-])cc1OCCOC(=O)Nc1ccccn1. The van der Waals surface area contributed by atoms with Crippen molar-refractivity contribution in [2.45, 2.75) is 4.90 Å². The molecule has 0 saturated heterocycles. The second-order valence-corrected chi connectivity index (χ2v) is 10.5. The number of carboxylic acids is 1. The number of nitrogens with one attached hydrogen (secondary N) is 2. The maximum Gasteiger partial charge on any atom is 0.412 e. The van der Waals surface area contributed by atoms with Gasteiger partial charge in [0.25, 0.3) is 10.0 Å². The molecular formula is C29H24N3O11S-. The fraction of sp³-hybridized carbons (Fsp3) is 0.138. The van der Waals surface area contributed by atoms with Gasteiger partial charge in [0.2, 0.25) is 6.79 Å². The van der Waals surface area contributed by atoms with E-state index in [9.17, 15) is 23.1 Å². The van der Waals surface area contributed by atoms with Crippen LogP contribution in [0.2, 0.25) is 0 Å². The second-order valence-electron chi connectivity index (χ2n) is 8.84. The number of fused-ring (bicyclic) bond motifs is 1. The highest BCUT2D eigenvalue weighted by molar-refractivity contribution is 7.92. The molecule has 0 aliphatic carbocycles. The molecule has 14 nitrogen and oxygen atoms in total. The van der Waals surface area contributed by atoms with Crippen molar-refractivity contribution in [2.75, 3.05) is 37.2 Å². The number of aromatic carboxylic acids is 1. The maximum atomic E-state index is 13.4. The lowest BCUT2D eigenvalue weighted by molar-refractivity contribution is -0.255. The fourth-order valence-corrected chi connectivity index (χ4v) is 5.00. The van der Waals surface area contributed by atoms with Crippen molar-refractivity contribution in [3.8, 4) is 34.5 Å². The number of anilines is 2. The topological polar surface area (TPSA) is 184 Å². The number of nitrogens with zero attached hydrogens (tertiary/aromatic N) is 1. The Labute approximate surface area is 251 Å². The number of carbonyl (C=O) groups excluding carboxylic acids is 2. The Morgan fingerprint density at radius 1 is 0.932 bits per heavy atom. The molecular weight excluding hydrogens is 598 g/mol. The van der Waals surface area contributed by atoms with Crippen molar-refractivity contribution in [2.24, 2.45) is 0 Å². The van der Waals surface area contributed by atoms with E-state index in [1.807, 2.05) is 0 Å². The van der Waals surface area contributed by atoms with Gasteiger partial charge in [-0.25, -0.2) is 18.2 Å². The first-order chi connectivity index (χ1) is 21.2. The molecule has 1 aliphatic heterocycles. The van der Waals surface area contributed by atoms with Crippen LogP contribution in [0.15, 0.2) is 83.9 Å². The summed E-state index contributed by atoms with van der Waals surface area (Å²) in [5.41, 5.74) is -0.719. The molecule has 1 aliphatic rings. The number of carboxylic acid groups (broad SMARTS) is 1. The van der Waals surface area contributed by atoms with Gasteiger partial charge in [0, 0.05) is 17.8 Å². The van der Waals surface area contributed by atoms with Gasteiger partial charge >= 0.3 is 6.09 Å². The zero-order chi connectivity index (χ0) is 31.1. The number of pyridine rings is 1. The lowest BCUT2D eigenvalue weighted by Crippen LogP contribution is -2.23. The lowest BCUT2D eigenvalue weighted by atomic mass is 10.1. The first kappa shape index (κ1) is 29.8. The molecule has 44 heavy (non-hydrogen) atoms. The minimum Gasteiger partial charge on any atom is -0.545 e. The quantitative estimate of drug-likeness (QED) is 0.220. The van der Waals surface area contributed by atoms with E-state index in [4.69, 9.17) is 28.4 Å². The minimum atomic E-state index is -4.34. The summed E-state index contributed by atoms with van der Waals surface area (Å²) in [7, 11) is -2.93. The number of methoxy groups -OCH3 is 1. The van der Waals surface area contributed by atoms with Gasteiger partial charge in [-0.3, -0.25) is 10.0 Å². The Balaban J connectivity index is 1.44. The van der Waals surface area contributed by atoms with E-state index in [0.29, 0.717) is 11.5 Å². The van der Waals surface area contributed by atoms with E-state index in [-0.39, 0.29) is 59.4 Å². The summed E-state index contributed by atoms with van der Waals surface area (Å²) in [4.78, 5) is 27.8. The third kappa shape index (κ3) is 7.01. The number of hydrogen-bond acceptors (Lipinski definition) is 12. The molecule has 1 aromatic heterocycles. The third-order valence-electron chi connectivity index (χ3n) is 5.94. The van der Waals surface area contributed by atoms with E-state index in [2.05, 4.69) is 15.0 Å². The molecule has 2 heterocycles. The van der Waals surface area contributed by atoms with Crippen LogP contribution >= 0.6 is 0 Å². The Kier molecular flexibility index (Phi) is 8.85. The number of hydrogen-bond donors (Lipinski definition) is 2. The zero-order valence-corrected chi connectivity index (χ0v) is 23.8. The minimum absolute atomic E-state index is 0.0635. The van der Waals surface area contributed by atoms with Crippen molar-refractivity contribution < 1.29 is 51.5 Å². The first-order valence-electron chi connectivity index (χ1n) is 12.8. The second kappa shape index (κ2) is 13.1. The Bertz CT molecular complexity index is 1780. The Morgan fingerprint density at radius 3 is 2.45 bits per heavy atom. The van der Waals surface area contributed by atoms with Crippen LogP contribution < -0.4 is 38.8 Å². The molecule has 0 spiro atoms. The van der Waals surface area contributed by atoms with Crippen LogP contribution in [0.4, 0.5) is 16.3 Å². The number of ether oxygens (including phenoxy) is 6. The molecule has 15 heteroatoms. The van der Waals surface area contributed by atoms with Gasteiger partial charge in [0.1, 0.15) is 19.0 Å². The molecule has 0 fully saturated rings. The molecule has 0 atom stereocenters. The standard InChI is InChI=1S/C29H25N3O11S/c1-38-21-6-2-3-7-23(21)43-27-20(32-44(36,37)19-9-10-22-24(16-19)42-17-41-22)14-18(28(33)34)15-25(27)39-12-13-40-29(35)31-26-8-4-5-11-30-26/h2-11,14-16,32H,12-13,17H2,1H3,(H,33,34)(H,30,31,35)/p-1. The molecule has 228 valence electrons. The van der Waals surface area contributed by atoms with E-state index in [0.717, 1.165) is 12.1 Å². The monoisotopic (exact) mass is 622 g/mol. The highest BCUT2D eigenvalue weighted by Gasteiger charge is 2.25. The average Bonchev–Trinajstić information content (AvgIpc) is 3.49. The van der Waals surface area contributed by atoms with Crippen molar-refractivity contribution in [1.29, 1.82) is 0 Å². The Hall–Kier alpha value is -5.70. The predicted molar refractivity (Wildman–Crippen MR) is 152 cm³/mol. The van der Waals surface area contributed by atoms with Crippen molar-refractivity contribution >= 4 is 33.6 Å². The van der Waals surface area contributed by atoms with Gasteiger partial charge in [-0.1, -0.05) is 18.2 Å². The molecule has 2 N–H and O–H groups in total. The highest BCUT2D eigenvalue weighted by Crippen LogP contribution is 2.43. The summed E-state index contributed by atoms with van der Waals surface area (Å²) in [6, 6.07) is 17.5. The van der Waals surface area contributed by atoms with Gasteiger partial charge in [-0.2, -0.15) is 0 Å². The molecule has 0 unspecified atom stereocenters. The van der Waals surface area contributed by atoms with E-state index >= 15 is 0 Å². The first-order valence-corrected chi connectivity index (χ1v) is 14.3. The summed E-state index contributed by atoms with van der Waals surface area (Å²) in [6.07, 6.45) is 0.684. The van der Waals surface area contributed by atoms with Gasteiger partial charge in [-0.05, 0) is 48.5 Å². The summed E-state index contributed by atoms with van der Waals surface area (Å²) < 4.78 is 62.0. The van der Waals surface area contributed by atoms with Crippen LogP contribution in [0.1, 0.15) is 10.4 Å². The molecule has 0 radical (unpaired) electrons. The summed E-state index contributed by atoms with van der Waals surface area (Å²) in [5.74, 6) is -0.707. The maximum absolute atomic E-state index is 13.4. The number of carbonyl (C=O) groups is 2. The van der Waals surface area contributed by atoms with Crippen LogP contribution in [-0.4, -0.2) is 52.6 Å². The largest absolute Gasteiger partial charge is 0.545 e. The zero-order valence-electron chi connectivity index (χ0n) is 23.0. The van der Waals surface area contributed by atoms with Gasteiger partial charge in [0.15, 0.2) is 34.5 Å². The number of rotatable bonds is 12. The summed E-state index contributed by atoms with van der Waals surface area (Å²) >= 11 is 0. The van der Waals surface area contributed by atoms with Crippen molar-refractivity contribution in [3.05, 3.63) is 84.6 Å².